The van der Waals surface area contributed by atoms with Gasteiger partial charge in [0.2, 0.25) is 0 Å². The molecular formula is C12H18ClN3. The number of halogens is 1. The Morgan fingerprint density at radius 2 is 1.88 bits per heavy atom. The van der Waals surface area contributed by atoms with Crippen LogP contribution in [0.25, 0.3) is 0 Å². The van der Waals surface area contributed by atoms with Crippen LogP contribution in [0.3, 0.4) is 0 Å². The van der Waals surface area contributed by atoms with Crippen molar-refractivity contribution in [3.8, 4) is 0 Å². The molecule has 1 aromatic carbocycles. The van der Waals surface area contributed by atoms with Crippen LogP contribution in [0.15, 0.2) is 12.1 Å². The third kappa shape index (κ3) is 2.25. The molecule has 1 aromatic rings. The SMILES string of the molecule is NCc1cc(N2CCCCC2)c(Cl)cc1N. The number of hydrogen-bond acceptors (Lipinski definition) is 3. The molecule has 0 radical (unpaired) electrons. The van der Waals surface area contributed by atoms with Gasteiger partial charge >= 0.3 is 0 Å². The first-order valence-corrected chi connectivity index (χ1v) is 6.13. The molecule has 3 nitrogen and oxygen atoms in total. The molecule has 4 heteroatoms. The molecule has 0 bridgehead atoms. The minimum atomic E-state index is 0.462. The molecule has 2 rings (SSSR count). The lowest BCUT2D eigenvalue weighted by molar-refractivity contribution is 0.578. The van der Waals surface area contributed by atoms with E-state index in [1.807, 2.05) is 12.1 Å². The standard InChI is InChI=1S/C12H18ClN3/c13-10-7-11(15)9(8-14)6-12(10)16-4-2-1-3-5-16/h6-7H,1-5,8,14-15H2. The molecule has 0 saturated carbocycles. The zero-order valence-corrected chi connectivity index (χ0v) is 10.1. The molecule has 0 aromatic heterocycles. The quantitative estimate of drug-likeness (QED) is 0.780. The summed E-state index contributed by atoms with van der Waals surface area (Å²) in [6.07, 6.45) is 3.78. The Labute approximate surface area is 101 Å². The Kier molecular flexibility index (Phi) is 3.56. The average molecular weight is 240 g/mol. The van der Waals surface area contributed by atoms with E-state index in [9.17, 15) is 0 Å². The Morgan fingerprint density at radius 3 is 2.50 bits per heavy atom. The molecule has 0 atom stereocenters. The summed E-state index contributed by atoms with van der Waals surface area (Å²) < 4.78 is 0. The molecule has 1 aliphatic heterocycles. The van der Waals surface area contributed by atoms with Gasteiger partial charge in [-0.3, -0.25) is 0 Å². The first-order valence-electron chi connectivity index (χ1n) is 5.75. The van der Waals surface area contributed by atoms with Crippen LogP contribution in [0, 0.1) is 0 Å². The van der Waals surface area contributed by atoms with Gasteiger partial charge in [-0.1, -0.05) is 11.6 Å². The van der Waals surface area contributed by atoms with Gasteiger partial charge in [0, 0.05) is 25.3 Å². The summed E-state index contributed by atoms with van der Waals surface area (Å²) in [6.45, 7) is 2.62. The molecule has 1 fully saturated rings. The normalized spacial score (nSPS) is 16.5. The summed E-state index contributed by atoms with van der Waals surface area (Å²) in [5, 5.41) is 0.733. The number of nitrogens with two attached hydrogens (primary N) is 2. The zero-order valence-electron chi connectivity index (χ0n) is 9.38. The number of hydrogen-bond donors (Lipinski definition) is 2. The van der Waals surface area contributed by atoms with Crippen molar-refractivity contribution < 1.29 is 0 Å². The summed E-state index contributed by atoms with van der Waals surface area (Å²) >= 11 is 6.23. The van der Waals surface area contributed by atoms with Crippen LogP contribution < -0.4 is 16.4 Å². The van der Waals surface area contributed by atoms with E-state index in [2.05, 4.69) is 4.90 Å². The summed E-state index contributed by atoms with van der Waals surface area (Å²) in [7, 11) is 0. The number of nitrogens with zero attached hydrogens (tertiary/aromatic N) is 1. The fourth-order valence-electron chi connectivity index (χ4n) is 2.17. The summed E-state index contributed by atoms with van der Waals surface area (Å²) in [5.74, 6) is 0. The van der Waals surface area contributed by atoms with Gasteiger partial charge in [-0.2, -0.15) is 0 Å². The monoisotopic (exact) mass is 239 g/mol. The molecule has 0 spiro atoms. The van der Waals surface area contributed by atoms with Gasteiger partial charge in [0.25, 0.3) is 0 Å². The fourth-order valence-corrected chi connectivity index (χ4v) is 2.47. The van der Waals surface area contributed by atoms with Crippen LogP contribution in [0.2, 0.25) is 5.02 Å². The number of anilines is 2. The van der Waals surface area contributed by atoms with Crippen LogP contribution in [0.1, 0.15) is 24.8 Å². The summed E-state index contributed by atoms with van der Waals surface area (Å²) in [4.78, 5) is 2.32. The van der Waals surface area contributed by atoms with Crippen molar-refractivity contribution in [3.05, 3.63) is 22.7 Å². The fraction of sp³-hybridized carbons (Fsp3) is 0.500. The Morgan fingerprint density at radius 1 is 1.19 bits per heavy atom. The first-order chi connectivity index (χ1) is 7.72. The maximum atomic E-state index is 6.23. The molecule has 1 aliphatic rings. The molecule has 0 amide bonds. The highest BCUT2D eigenvalue weighted by molar-refractivity contribution is 6.33. The van der Waals surface area contributed by atoms with Gasteiger partial charge in [-0.25, -0.2) is 0 Å². The number of piperidine rings is 1. The Bertz CT molecular complexity index is 373. The van der Waals surface area contributed by atoms with E-state index in [1.165, 1.54) is 19.3 Å². The first kappa shape index (κ1) is 11.6. The second-order valence-electron chi connectivity index (χ2n) is 4.25. The van der Waals surface area contributed by atoms with Crippen LogP contribution >= 0.6 is 11.6 Å². The predicted octanol–water partition coefficient (Wildman–Crippen LogP) is 2.37. The van der Waals surface area contributed by atoms with Crippen molar-refractivity contribution in [2.45, 2.75) is 25.8 Å². The third-order valence-electron chi connectivity index (χ3n) is 3.13. The van der Waals surface area contributed by atoms with Crippen molar-refractivity contribution in [1.29, 1.82) is 0 Å². The molecule has 0 unspecified atom stereocenters. The van der Waals surface area contributed by atoms with Crippen molar-refractivity contribution >= 4 is 23.0 Å². The van der Waals surface area contributed by atoms with E-state index in [4.69, 9.17) is 23.1 Å². The number of nitrogen functional groups attached to an aromatic ring is 1. The number of rotatable bonds is 2. The Balaban J connectivity index is 2.31. The van der Waals surface area contributed by atoms with E-state index < -0.39 is 0 Å². The van der Waals surface area contributed by atoms with E-state index in [-0.39, 0.29) is 0 Å². The molecule has 1 saturated heterocycles. The molecule has 88 valence electrons. The van der Waals surface area contributed by atoms with E-state index in [1.54, 1.807) is 0 Å². The van der Waals surface area contributed by atoms with Gasteiger partial charge in [-0.05, 0) is 37.0 Å². The molecule has 0 aliphatic carbocycles. The highest BCUT2D eigenvalue weighted by atomic mass is 35.5. The van der Waals surface area contributed by atoms with Gasteiger partial charge in [0.05, 0.1) is 10.7 Å². The van der Waals surface area contributed by atoms with Gasteiger partial charge in [0.15, 0.2) is 0 Å². The zero-order chi connectivity index (χ0) is 11.5. The van der Waals surface area contributed by atoms with Crippen LogP contribution in [-0.2, 0) is 6.54 Å². The number of benzene rings is 1. The van der Waals surface area contributed by atoms with Crippen molar-refractivity contribution in [2.24, 2.45) is 5.73 Å². The predicted molar refractivity (Wildman–Crippen MR) is 69.8 cm³/mol. The van der Waals surface area contributed by atoms with Crippen molar-refractivity contribution in [2.75, 3.05) is 23.7 Å². The topological polar surface area (TPSA) is 55.3 Å². The molecule has 4 N–H and O–H groups in total. The summed E-state index contributed by atoms with van der Waals surface area (Å²) in [6, 6.07) is 3.84. The maximum absolute atomic E-state index is 6.23. The van der Waals surface area contributed by atoms with Crippen LogP contribution in [0.4, 0.5) is 11.4 Å². The second-order valence-corrected chi connectivity index (χ2v) is 4.66. The molecule has 1 heterocycles. The highest BCUT2D eigenvalue weighted by Gasteiger charge is 2.15. The minimum absolute atomic E-state index is 0.462. The largest absolute Gasteiger partial charge is 0.398 e. The van der Waals surface area contributed by atoms with Crippen molar-refractivity contribution in [1.82, 2.24) is 0 Å². The summed E-state index contributed by atoms with van der Waals surface area (Å²) in [5.41, 5.74) is 14.2. The molecule has 16 heavy (non-hydrogen) atoms. The lowest BCUT2D eigenvalue weighted by atomic mass is 10.1. The van der Waals surface area contributed by atoms with Crippen molar-refractivity contribution in [3.63, 3.8) is 0 Å². The van der Waals surface area contributed by atoms with Crippen LogP contribution in [-0.4, -0.2) is 13.1 Å². The molecular weight excluding hydrogens is 222 g/mol. The average Bonchev–Trinajstić information content (AvgIpc) is 2.30. The third-order valence-corrected chi connectivity index (χ3v) is 3.43. The maximum Gasteiger partial charge on any atom is 0.0660 e. The van der Waals surface area contributed by atoms with Gasteiger partial charge in [0.1, 0.15) is 0 Å². The highest BCUT2D eigenvalue weighted by Crippen LogP contribution is 2.32. The Hall–Kier alpha value is -0.930. The minimum Gasteiger partial charge on any atom is -0.398 e. The van der Waals surface area contributed by atoms with Crippen LogP contribution in [0.5, 0.6) is 0 Å². The lowest BCUT2D eigenvalue weighted by Gasteiger charge is -2.30. The van der Waals surface area contributed by atoms with E-state index in [0.717, 1.165) is 29.4 Å². The van der Waals surface area contributed by atoms with Gasteiger partial charge < -0.3 is 16.4 Å². The second kappa shape index (κ2) is 4.93. The van der Waals surface area contributed by atoms with E-state index in [0.29, 0.717) is 12.2 Å². The van der Waals surface area contributed by atoms with Gasteiger partial charge in [-0.15, -0.1) is 0 Å². The van der Waals surface area contributed by atoms with E-state index >= 15 is 0 Å². The lowest BCUT2D eigenvalue weighted by Crippen LogP contribution is -2.29. The smallest absolute Gasteiger partial charge is 0.0660 e.